The van der Waals surface area contributed by atoms with Gasteiger partial charge in [0.05, 0.1) is 49.8 Å². The maximum atomic E-state index is 9.44. The van der Waals surface area contributed by atoms with Crippen LogP contribution in [0.4, 0.5) is 0 Å². The van der Waals surface area contributed by atoms with E-state index in [1.54, 1.807) is 0 Å². The number of fused-ring (bicyclic) bond motifs is 12. The van der Waals surface area contributed by atoms with Crippen LogP contribution in [-0.2, 0) is 0 Å². The average Bonchev–Trinajstić information content (AvgIpc) is 4.13. The third-order valence-electron chi connectivity index (χ3n) is 12.8. The average molecular weight is 822 g/mol. The van der Waals surface area contributed by atoms with Gasteiger partial charge in [0.15, 0.2) is 5.82 Å². The fourth-order valence-electron chi connectivity index (χ4n) is 10.1. The minimum atomic E-state index is -0.315. The van der Waals surface area contributed by atoms with E-state index in [0.29, 0.717) is 39.3 Å². The lowest BCUT2D eigenvalue weighted by Crippen LogP contribution is -2.08. The Morgan fingerprint density at radius 2 is 0.859 bits per heavy atom. The Morgan fingerprint density at radius 1 is 0.375 bits per heavy atom. The van der Waals surface area contributed by atoms with Gasteiger partial charge in [-0.3, -0.25) is 9.13 Å². The van der Waals surface area contributed by atoms with Gasteiger partial charge in [0.2, 0.25) is 0 Å². The van der Waals surface area contributed by atoms with Crippen LogP contribution in [0, 0.1) is 0 Å². The second kappa shape index (κ2) is 13.4. The first-order chi connectivity index (χ1) is 33.4. The molecule has 298 valence electrons. The zero-order valence-electron chi connectivity index (χ0n) is 38.0. The second-order valence-corrected chi connectivity index (χ2v) is 16.2. The molecule has 0 aliphatic heterocycles. The van der Waals surface area contributed by atoms with Crippen molar-refractivity contribution in [2.75, 3.05) is 0 Å². The fourth-order valence-corrected chi connectivity index (χ4v) is 10.1. The zero-order chi connectivity index (χ0) is 45.4. The number of para-hydroxylation sites is 7. The molecule has 64 heavy (non-hydrogen) atoms. The molecule has 0 aliphatic rings. The number of aromatic nitrogens is 5. The van der Waals surface area contributed by atoms with Gasteiger partial charge in [-0.15, -0.1) is 0 Å². The van der Waals surface area contributed by atoms with Gasteiger partial charge < -0.3 is 8.98 Å². The van der Waals surface area contributed by atoms with Crippen molar-refractivity contribution in [3.05, 3.63) is 212 Å². The van der Waals surface area contributed by atoms with E-state index in [4.69, 9.17) is 17.1 Å². The van der Waals surface area contributed by atoms with E-state index in [9.17, 15) is 2.74 Å². The summed E-state index contributed by atoms with van der Waals surface area (Å²) in [5.74, 6) is 1.46. The fraction of sp³-hybridized carbons (Fsp3) is 0. The van der Waals surface area contributed by atoms with Gasteiger partial charge in [0, 0.05) is 49.2 Å². The summed E-state index contributed by atoms with van der Waals surface area (Å²) in [6, 6.07) is 63.1. The first-order valence-electron chi connectivity index (χ1n) is 23.3. The van der Waals surface area contributed by atoms with Crippen LogP contribution in [-0.4, -0.2) is 23.7 Å². The van der Waals surface area contributed by atoms with Gasteiger partial charge in [-0.05, 0) is 71.8 Å². The molecule has 6 heteroatoms. The van der Waals surface area contributed by atoms with Crippen molar-refractivity contribution >= 4 is 87.4 Å². The third-order valence-corrected chi connectivity index (χ3v) is 12.8. The zero-order valence-corrected chi connectivity index (χ0v) is 34.0. The first-order valence-corrected chi connectivity index (χ1v) is 21.3. The maximum Gasteiger partial charge on any atom is 0.166 e. The summed E-state index contributed by atoms with van der Waals surface area (Å²) in [6.07, 6.45) is 0. The molecule has 5 aromatic heterocycles. The van der Waals surface area contributed by atoms with Crippen molar-refractivity contribution in [1.82, 2.24) is 23.7 Å². The largest absolute Gasteiger partial charge is 0.456 e. The first kappa shape index (κ1) is 31.2. The molecule has 0 amide bonds. The summed E-state index contributed by atoms with van der Waals surface area (Å²) in [4.78, 5) is 11.3. The molecule has 0 unspecified atom stereocenters. The quantitative estimate of drug-likeness (QED) is 0.174. The van der Waals surface area contributed by atoms with Crippen molar-refractivity contribution in [3.8, 4) is 39.8 Å². The lowest BCUT2D eigenvalue weighted by atomic mass is 9.95. The molecule has 6 nitrogen and oxygen atoms in total. The molecule has 0 atom stereocenters. The number of rotatable bonds is 5. The van der Waals surface area contributed by atoms with E-state index in [1.165, 1.54) is 0 Å². The predicted octanol–water partition coefficient (Wildman–Crippen LogP) is 15.0. The lowest BCUT2D eigenvalue weighted by Gasteiger charge is -2.19. The molecular weight excluding hydrogens is 783 g/mol. The highest BCUT2D eigenvalue weighted by Crippen LogP contribution is 2.43. The van der Waals surface area contributed by atoms with E-state index in [2.05, 4.69) is 130 Å². The molecule has 5 heterocycles. The highest BCUT2D eigenvalue weighted by atomic mass is 16.3. The molecule has 0 saturated heterocycles. The van der Waals surface area contributed by atoms with Crippen molar-refractivity contribution < 1.29 is 9.90 Å². The number of hydrogen-bond acceptors (Lipinski definition) is 3. The highest BCUT2D eigenvalue weighted by molar-refractivity contribution is 6.12. The standard InChI is InChI=1S/C58H35N5O/c1-8-24-46-38(16-1)39-17-2-9-25-47(39)61(46)52-30-15-23-37(36-32-33-54-45(34-36)44-22-7-14-31-53(44)64-54)57(52)58-59-55(62-48-26-10-3-18-40(48)41-19-4-11-27-49(41)62)35-56(60-58)63-50-28-12-5-20-42(50)43-21-6-13-29-51(43)63/h1-35H/i3D,10D,18D,26D. The van der Waals surface area contributed by atoms with Gasteiger partial charge in [0.1, 0.15) is 22.8 Å². The molecule has 0 saturated carbocycles. The van der Waals surface area contributed by atoms with E-state index in [-0.39, 0.29) is 24.2 Å². The van der Waals surface area contributed by atoms with E-state index in [0.717, 1.165) is 87.9 Å². The second-order valence-electron chi connectivity index (χ2n) is 16.2. The van der Waals surface area contributed by atoms with Crippen LogP contribution in [0.5, 0.6) is 0 Å². The van der Waals surface area contributed by atoms with Crippen LogP contribution in [0.25, 0.3) is 127 Å². The third kappa shape index (κ3) is 4.96. The van der Waals surface area contributed by atoms with Gasteiger partial charge in [0.25, 0.3) is 0 Å². The number of furan rings is 1. The Kier molecular flexibility index (Phi) is 6.51. The van der Waals surface area contributed by atoms with Crippen LogP contribution in [0.15, 0.2) is 217 Å². The Morgan fingerprint density at radius 3 is 1.47 bits per heavy atom. The molecule has 9 aromatic carbocycles. The number of benzene rings is 9. The predicted molar refractivity (Wildman–Crippen MR) is 263 cm³/mol. The number of hydrogen-bond donors (Lipinski definition) is 0. The topological polar surface area (TPSA) is 53.7 Å². The van der Waals surface area contributed by atoms with Crippen LogP contribution < -0.4 is 0 Å². The summed E-state index contributed by atoms with van der Waals surface area (Å²) in [5.41, 5.74) is 10.1. The molecule has 0 aliphatic carbocycles. The molecule has 0 bridgehead atoms. The monoisotopic (exact) mass is 821 g/mol. The molecule has 0 N–H and O–H groups in total. The van der Waals surface area contributed by atoms with Gasteiger partial charge in [-0.2, -0.15) is 0 Å². The summed E-state index contributed by atoms with van der Waals surface area (Å²) in [7, 11) is 0. The van der Waals surface area contributed by atoms with Crippen LogP contribution in [0.2, 0.25) is 0 Å². The smallest absolute Gasteiger partial charge is 0.166 e. The van der Waals surface area contributed by atoms with Crippen molar-refractivity contribution in [3.63, 3.8) is 0 Å². The van der Waals surface area contributed by atoms with Crippen LogP contribution >= 0.6 is 0 Å². The normalized spacial score (nSPS) is 12.9. The van der Waals surface area contributed by atoms with Crippen molar-refractivity contribution in [1.29, 1.82) is 0 Å². The van der Waals surface area contributed by atoms with Gasteiger partial charge in [-0.1, -0.05) is 146 Å². The molecule has 14 aromatic rings. The van der Waals surface area contributed by atoms with Crippen LogP contribution in [0.3, 0.4) is 0 Å². The van der Waals surface area contributed by atoms with Gasteiger partial charge >= 0.3 is 0 Å². The van der Waals surface area contributed by atoms with E-state index in [1.807, 2.05) is 71.3 Å². The minimum Gasteiger partial charge on any atom is -0.456 e. The Hall–Kier alpha value is -8.74. The molecule has 14 rings (SSSR count). The Balaban J connectivity index is 1.17. The maximum absolute atomic E-state index is 9.44. The summed E-state index contributed by atoms with van der Waals surface area (Å²) >= 11 is 0. The SMILES string of the molecule is [2H]c1c([2H])c([2H])c2c(c1[2H])c1ccccc1n2-c1cc(-n2c3ccccc3c3ccccc32)nc(-c2c(-c3ccc4oc5ccccc5c4c3)cccc2-n2c3ccccc3c3ccccc32)n1. The van der Waals surface area contributed by atoms with Crippen LogP contribution in [0.1, 0.15) is 5.48 Å². The van der Waals surface area contributed by atoms with Crippen molar-refractivity contribution in [2.45, 2.75) is 0 Å². The van der Waals surface area contributed by atoms with E-state index >= 15 is 0 Å². The number of nitrogens with zero attached hydrogens (tertiary/aromatic N) is 5. The Bertz CT molecular complexity index is 4360. The highest BCUT2D eigenvalue weighted by Gasteiger charge is 2.25. The molecule has 0 radical (unpaired) electrons. The summed E-state index contributed by atoms with van der Waals surface area (Å²) in [6.45, 7) is 0. The molecule has 0 fully saturated rings. The molecule has 0 spiro atoms. The van der Waals surface area contributed by atoms with E-state index < -0.39 is 0 Å². The summed E-state index contributed by atoms with van der Waals surface area (Å²) < 4.78 is 49.0. The van der Waals surface area contributed by atoms with Gasteiger partial charge in [-0.25, -0.2) is 9.97 Å². The summed E-state index contributed by atoms with van der Waals surface area (Å²) in [5, 5.41) is 7.51. The molecular formula is C58H35N5O. The van der Waals surface area contributed by atoms with Crippen molar-refractivity contribution in [2.24, 2.45) is 0 Å². The lowest BCUT2D eigenvalue weighted by molar-refractivity contribution is 0.669. The Labute approximate surface area is 371 Å². The minimum absolute atomic E-state index is 0.103.